The van der Waals surface area contributed by atoms with Crippen LogP contribution in [0.3, 0.4) is 0 Å². The summed E-state index contributed by atoms with van der Waals surface area (Å²) in [6.07, 6.45) is 3.37. The second-order valence-electron chi connectivity index (χ2n) is 10.9. The van der Waals surface area contributed by atoms with Gasteiger partial charge in [-0.2, -0.15) is 11.8 Å². The van der Waals surface area contributed by atoms with Gasteiger partial charge in [-0.25, -0.2) is 0 Å². The molecule has 6 heteroatoms. The quantitative estimate of drug-likeness (QED) is 0.202. The number of aromatic amines is 1. The maximum atomic E-state index is 6.64. The number of aromatic nitrogens is 1. The Kier molecular flexibility index (Phi) is 6.61. The second kappa shape index (κ2) is 9.38. The van der Waals surface area contributed by atoms with E-state index in [2.05, 4.69) is 92.4 Å². The van der Waals surface area contributed by atoms with Crippen molar-refractivity contribution in [2.45, 2.75) is 57.6 Å². The highest BCUT2D eigenvalue weighted by molar-refractivity contribution is 7.98. The number of hydrogen-bond acceptors (Lipinski definition) is 4. The SMILES string of the molecule is CC(C)(C)[Si](C)(C)Oc1cccc2c(CSCCN3CCc4c(sc5ccccc45)C3)c[nH]c12. The van der Waals surface area contributed by atoms with Gasteiger partial charge in [0, 0.05) is 52.3 Å². The third kappa shape index (κ3) is 4.70. The summed E-state index contributed by atoms with van der Waals surface area (Å²) in [5.74, 6) is 3.20. The average Bonchev–Trinajstić information content (AvgIpc) is 3.37. The normalized spacial score (nSPS) is 15.2. The van der Waals surface area contributed by atoms with Gasteiger partial charge in [0.2, 0.25) is 0 Å². The molecule has 2 aromatic carbocycles. The summed E-state index contributed by atoms with van der Waals surface area (Å²) in [7, 11) is -1.87. The first-order valence-corrected chi connectivity index (χ1v) is 17.2. The van der Waals surface area contributed by atoms with Gasteiger partial charge in [0.15, 0.2) is 0 Å². The van der Waals surface area contributed by atoms with E-state index in [9.17, 15) is 0 Å². The van der Waals surface area contributed by atoms with Gasteiger partial charge < -0.3 is 9.41 Å². The van der Waals surface area contributed by atoms with Crippen molar-refractivity contribution in [3.8, 4) is 5.75 Å². The predicted molar refractivity (Wildman–Crippen MR) is 153 cm³/mol. The second-order valence-corrected chi connectivity index (χ2v) is 17.9. The molecule has 0 spiro atoms. The Morgan fingerprint density at radius 3 is 2.71 bits per heavy atom. The van der Waals surface area contributed by atoms with E-state index >= 15 is 0 Å². The summed E-state index contributed by atoms with van der Waals surface area (Å²) in [6, 6.07) is 15.4. The van der Waals surface area contributed by atoms with Crippen LogP contribution in [-0.4, -0.2) is 37.0 Å². The first-order chi connectivity index (χ1) is 16.2. The van der Waals surface area contributed by atoms with Crippen LogP contribution in [0.2, 0.25) is 18.1 Å². The minimum atomic E-state index is -1.87. The molecule has 0 radical (unpaired) electrons. The fourth-order valence-corrected chi connectivity index (χ4v) is 7.80. The minimum absolute atomic E-state index is 0.186. The van der Waals surface area contributed by atoms with Gasteiger partial charge in [-0.3, -0.25) is 4.90 Å². The molecule has 4 aromatic rings. The van der Waals surface area contributed by atoms with Crippen LogP contribution in [0.1, 0.15) is 36.8 Å². The summed E-state index contributed by atoms with van der Waals surface area (Å²) in [5.41, 5.74) is 4.13. The lowest BCUT2D eigenvalue weighted by atomic mass is 10.0. The van der Waals surface area contributed by atoms with Crippen LogP contribution in [0.5, 0.6) is 5.75 Å². The van der Waals surface area contributed by atoms with E-state index in [0.29, 0.717) is 0 Å². The molecule has 1 aliphatic heterocycles. The molecule has 0 atom stereocenters. The summed E-state index contributed by atoms with van der Waals surface area (Å²) < 4.78 is 8.09. The number of thiophene rings is 1. The number of H-pyrrole nitrogens is 1. The van der Waals surface area contributed by atoms with Crippen molar-refractivity contribution in [2.75, 3.05) is 18.8 Å². The van der Waals surface area contributed by atoms with Crippen molar-refractivity contribution in [1.82, 2.24) is 9.88 Å². The first kappa shape index (κ1) is 24.0. The zero-order chi connectivity index (χ0) is 23.9. The third-order valence-corrected chi connectivity index (χ3v) is 14.1. The standard InChI is InChI=1S/C28H36N2OS2Si/c1-28(2,3)34(4,5)31-24-11-8-10-21-20(17-29-27(21)24)19-32-16-15-30-14-13-23-22-9-6-7-12-25(22)33-26(23)18-30/h6-12,17,29H,13-16,18-19H2,1-5H3. The number of para-hydroxylation sites is 1. The van der Waals surface area contributed by atoms with Crippen molar-refractivity contribution < 1.29 is 4.43 Å². The molecule has 3 nitrogen and oxygen atoms in total. The Bertz CT molecular complexity index is 1300. The molecular weight excluding hydrogens is 473 g/mol. The van der Waals surface area contributed by atoms with Crippen LogP contribution in [-0.2, 0) is 18.7 Å². The number of fused-ring (bicyclic) bond motifs is 4. The molecule has 1 aliphatic rings. The van der Waals surface area contributed by atoms with Crippen LogP contribution in [0.15, 0.2) is 48.7 Å². The fourth-order valence-electron chi connectivity index (χ4n) is 4.49. The Hall–Kier alpha value is -1.73. The van der Waals surface area contributed by atoms with Crippen LogP contribution >= 0.6 is 23.1 Å². The van der Waals surface area contributed by atoms with E-state index < -0.39 is 8.32 Å². The number of hydrogen-bond donors (Lipinski definition) is 1. The van der Waals surface area contributed by atoms with Gasteiger partial charge in [0.05, 0.1) is 5.52 Å². The molecule has 0 fully saturated rings. The average molecular weight is 509 g/mol. The highest BCUT2D eigenvalue weighted by Crippen LogP contribution is 2.40. The molecule has 0 aliphatic carbocycles. The van der Waals surface area contributed by atoms with Gasteiger partial charge in [-0.15, -0.1) is 11.3 Å². The van der Waals surface area contributed by atoms with Gasteiger partial charge in [-0.05, 0) is 53.2 Å². The molecule has 1 N–H and O–H groups in total. The molecule has 2 aromatic heterocycles. The topological polar surface area (TPSA) is 28.3 Å². The van der Waals surface area contributed by atoms with Crippen molar-refractivity contribution in [1.29, 1.82) is 0 Å². The maximum absolute atomic E-state index is 6.64. The minimum Gasteiger partial charge on any atom is -0.542 e. The smallest absolute Gasteiger partial charge is 0.250 e. The van der Waals surface area contributed by atoms with E-state index in [0.717, 1.165) is 35.9 Å². The monoisotopic (exact) mass is 508 g/mol. The lowest BCUT2D eigenvalue weighted by Gasteiger charge is -2.36. The van der Waals surface area contributed by atoms with Crippen LogP contribution in [0.4, 0.5) is 0 Å². The number of nitrogens with one attached hydrogen (secondary N) is 1. The summed E-state index contributed by atoms with van der Waals surface area (Å²) in [5, 5.41) is 2.97. The maximum Gasteiger partial charge on any atom is 0.250 e. The Balaban J connectivity index is 1.18. The molecule has 0 unspecified atom stereocenters. The van der Waals surface area contributed by atoms with Crippen LogP contribution in [0.25, 0.3) is 21.0 Å². The van der Waals surface area contributed by atoms with E-state index in [1.807, 2.05) is 23.1 Å². The van der Waals surface area contributed by atoms with E-state index in [1.54, 1.807) is 10.4 Å². The molecular formula is C28H36N2OS2Si. The number of benzene rings is 2. The highest BCUT2D eigenvalue weighted by atomic mass is 32.2. The van der Waals surface area contributed by atoms with Crippen molar-refractivity contribution in [3.05, 3.63) is 64.7 Å². The molecule has 180 valence electrons. The van der Waals surface area contributed by atoms with Crippen molar-refractivity contribution in [2.24, 2.45) is 0 Å². The van der Waals surface area contributed by atoms with Gasteiger partial charge in [-0.1, -0.05) is 51.1 Å². The molecule has 0 saturated carbocycles. The predicted octanol–water partition coefficient (Wildman–Crippen LogP) is 8.06. The fraction of sp³-hybridized carbons (Fsp3) is 0.429. The molecule has 0 bridgehead atoms. The zero-order valence-electron chi connectivity index (χ0n) is 21.0. The summed E-state index contributed by atoms with van der Waals surface area (Å²) in [4.78, 5) is 7.72. The Morgan fingerprint density at radius 2 is 1.88 bits per heavy atom. The Morgan fingerprint density at radius 1 is 1.09 bits per heavy atom. The molecule has 3 heterocycles. The van der Waals surface area contributed by atoms with Gasteiger partial charge in [0.25, 0.3) is 8.32 Å². The lowest BCUT2D eigenvalue weighted by molar-refractivity contribution is 0.274. The van der Waals surface area contributed by atoms with Gasteiger partial charge in [0.1, 0.15) is 5.75 Å². The van der Waals surface area contributed by atoms with Crippen molar-refractivity contribution in [3.63, 3.8) is 0 Å². The van der Waals surface area contributed by atoms with Gasteiger partial charge >= 0.3 is 0 Å². The molecule has 0 saturated heterocycles. The zero-order valence-corrected chi connectivity index (χ0v) is 23.7. The largest absolute Gasteiger partial charge is 0.542 e. The van der Waals surface area contributed by atoms with E-state index in [1.165, 1.54) is 34.0 Å². The summed E-state index contributed by atoms with van der Waals surface area (Å²) in [6.45, 7) is 14.9. The molecule has 5 rings (SSSR count). The number of nitrogens with zero attached hydrogens (tertiary/aromatic N) is 1. The number of rotatable bonds is 7. The summed E-state index contributed by atoms with van der Waals surface area (Å²) >= 11 is 4.03. The van der Waals surface area contributed by atoms with E-state index in [-0.39, 0.29) is 5.04 Å². The highest BCUT2D eigenvalue weighted by Gasteiger charge is 2.39. The van der Waals surface area contributed by atoms with Crippen LogP contribution < -0.4 is 4.43 Å². The molecule has 0 amide bonds. The van der Waals surface area contributed by atoms with E-state index in [4.69, 9.17) is 4.43 Å². The molecule has 34 heavy (non-hydrogen) atoms. The van der Waals surface area contributed by atoms with Crippen molar-refractivity contribution >= 4 is 52.4 Å². The van der Waals surface area contributed by atoms with Crippen LogP contribution in [0, 0.1) is 0 Å². The lowest BCUT2D eigenvalue weighted by Crippen LogP contribution is -2.43. The Labute approximate surface area is 213 Å². The number of thioether (sulfide) groups is 1. The first-order valence-electron chi connectivity index (χ1n) is 12.3. The third-order valence-electron chi connectivity index (χ3n) is 7.57.